The number of aryl methyl sites for hydroxylation is 1. The maximum absolute atomic E-state index is 14.2. The van der Waals surface area contributed by atoms with Crippen molar-refractivity contribution in [3.8, 4) is 0 Å². The number of hydrogen-bond donors (Lipinski definition) is 1. The predicted octanol–water partition coefficient (Wildman–Crippen LogP) is 3.58. The fraction of sp³-hybridized carbons (Fsp3) is 0.471. The first-order valence-electron chi connectivity index (χ1n) is 7.69. The van der Waals surface area contributed by atoms with Crippen molar-refractivity contribution in [2.75, 3.05) is 0 Å². The van der Waals surface area contributed by atoms with Gasteiger partial charge >= 0.3 is 0 Å². The smallest absolute Gasteiger partial charge is 0.127 e. The summed E-state index contributed by atoms with van der Waals surface area (Å²) in [6.45, 7) is 0.726. The van der Waals surface area contributed by atoms with Gasteiger partial charge < -0.3 is 5.32 Å². The van der Waals surface area contributed by atoms with Gasteiger partial charge in [0.15, 0.2) is 0 Å². The quantitative estimate of drug-likeness (QED) is 0.911. The standard InChI is InChI=1S/C17H22FN3/c1-21-12-13(11-20-21)10-19-17(14-6-2-3-7-14)15-8-4-5-9-16(15)18/h4-5,8-9,11-12,14,17,19H,2-3,6-7,10H2,1H3. The highest BCUT2D eigenvalue weighted by atomic mass is 19.1. The van der Waals surface area contributed by atoms with Gasteiger partial charge in [-0.3, -0.25) is 4.68 Å². The molecule has 0 radical (unpaired) electrons. The van der Waals surface area contributed by atoms with Gasteiger partial charge in [0.1, 0.15) is 5.82 Å². The van der Waals surface area contributed by atoms with Crippen LogP contribution in [0.2, 0.25) is 0 Å². The molecule has 2 aromatic rings. The van der Waals surface area contributed by atoms with E-state index in [1.807, 2.05) is 31.6 Å². The van der Waals surface area contributed by atoms with E-state index in [1.54, 1.807) is 16.8 Å². The Labute approximate surface area is 125 Å². The van der Waals surface area contributed by atoms with Crippen LogP contribution in [0.1, 0.15) is 42.9 Å². The van der Waals surface area contributed by atoms with Gasteiger partial charge in [-0.1, -0.05) is 31.0 Å². The van der Waals surface area contributed by atoms with Gasteiger partial charge in [0.25, 0.3) is 0 Å². The highest BCUT2D eigenvalue weighted by molar-refractivity contribution is 5.22. The Morgan fingerprint density at radius 1 is 1.33 bits per heavy atom. The maximum Gasteiger partial charge on any atom is 0.127 e. The second-order valence-electron chi connectivity index (χ2n) is 5.95. The molecule has 1 aliphatic rings. The van der Waals surface area contributed by atoms with E-state index in [-0.39, 0.29) is 11.9 Å². The first-order chi connectivity index (χ1) is 10.2. The van der Waals surface area contributed by atoms with Crippen molar-refractivity contribution in [2.45, 2.75) is 38.3 Å². The molecular weight excluding hydrogens is 265 g/mol. The molecule has 3 rings (SSSR count). The van der Waals surface area contributed by atoms with E-state index in [4.69, 9.17) is 0 Å². The van der Waals surface area contributed by atoms with Crippen LogP contribution in [0.4, 0.5) is 4.39 Å². The minimum Gasteiger partial charge on any atom is -0.305 e. The highest BCUT2D eigenvalue weighted by Gasteiger charge is 2.27. The Morgan fingerprint density at radius 2 is 2.10 bits per heavy atom. The Bertz CT molecular complexity index is 587. The monoisotopic (exact) mass is 287 g/mol. The molecule has 1 saturated carbocycles. The summed E-state index contributed by atoms with van der Waals surface area (Å²) in [6, 6.07) is 7.24. The van der Waals surface area contributed by atoms with E-state index < -0.39 is 0 Å². The van der Waals surface area contributed by atoms with Crippen molar-refractivity contribution in [1.82, 2.24) is 15.1 Å². The average molecular weight is 287 g/mol. The third-order valence-corrected chi connectivity index (χ3v) is 4.40. The van der Waals surface area contributed by atoms with E-state index in [0.29, 0.717) is 5.92 Å². The van der Waals surface area contributed by atoms with Gasteiger partial charge in [0.2, 0.25) is 0 Å². The number of nitrogens with one attached hydrogen (secondary N) is 1. The molecule has 3 nitrogen and oxygen atoms in total. The van der Waals surface area contributed by atoms with Gasteiger partial charge in [-0.05, 0) is 24.8 Å². The van der Waals surface area contributed by atoms with Crippen LogP contribution in [-0.4, -0.2) is 9.78 Å². The molecule has 1 aromatic carbocycles. The molecule has 4 heteroatoms. The van der Waals surface area contributed by atoms with Crippen LogP contribution in [0.15, 0.2) is 36.7 Å². The SMILES string of the molecule is Cn1cc(CNC(c2ccccc2F)C2CCCC2)cn1. The molecule has 21 heavy (non-hydrogen) atoms. The van der Waals surface area contributed by atoms with Crippen LogP contribution in [0.3, 0.4) is 0 Å². The number of hydrogen-bond acceptors (Lipinski definition) is 2. The van der Waals surface area contributed by atoms with Gasteiger partial charge in [0.05, 0.1) is 6.20 Å². The lowest BCUT2D eigenvalue weighted by molar-refractivity contribution is 0.355. The third kappa shape index (κ3) is 3.32. The number of nitrogens with zero attached hydrogens (tertiary/aromatic N) is 2. The molecule has 1 aromatic heterocycles. The van der Waals surface area contributed by atoms with Crippen molar-refractivity contribution < 1.29 is 4.39 Å². The highest BCUT2D eigenvalue weighted by Crippen LogP contribution is 2.36. The summed E-state index contributed by atoms with van der Waals surface area (Å²) < 4.78 is 16.0. The normalized spacial score (nSPS) is 17.2. The summed E-state index contributed by atoms with van der Waals surface area (Å²) in [5.74, 6) is 0.423. The summed E-state index contributed by atoms with van der Waals surface area (Å²) in [7, 11) is 1.91. The zero-order valence-electron chi connectivity index (χ0n) is 12.4. The van der Waals surface area contributed by atoms with Crippen LogP contribution in [0.5, 0.6) is 0 Å². The molecule has 1 unspecified atom stereocenters. The van der Waals surface area contributed by atoms with Crippen molar-refractivity contribution in [3.63, 3.8) is 0 Å². The van der Waals surface area contributed by atoms with E-state index in [9.17, 15) is 4.39 Å². The molecule has 0 aliphatic heterocycles. The number of benzene rings is 1. The van der Waals surface area contributed by atoms with Gasteiger partial charge in [-0.2, -0.15) is 5.10 Å². The first kappa shape index (κ1) is 14.3. The number of rotatable bonds is 5. The molecule has 112 valence electrons. The van der Waals surface area contributed by atoms with E-state index in [0.717, 1.165) is 17.7 Å². The van der Waals surface area contributed by atoms with Crippen LogP contribution >= 0.6 is 0 Å². The lowest BCUT2D eigenvalue weighted by Crippen LogP contribution is -2.27. The van der Waals surface area contributed by atoms with Crippen molar-refractivity contribution >= 4 is 0 Å². The molecule has 0 amide bonds. The van der Waals surface area contributed by atoms with E-state index in [1.165, 1.54) is 25.7 Å². The zero-order chi connectivity index (χ0) is 14.7. The van der Waals surface area contributed by atoms with Crippen molar-refractivity contribution in [2.24, 2.45) is 13.0 Å². The zero-order valence-corrected chi connectivity index (χ0v) is 12.4. The average Bonchev–Trinajstić information content (AvgIpc) is 3.13. The van der Waals surface area contributed by atoms with Crippen molar-refractivity contribution in [3.05, 3.63) is 53.6 Å². The molecule has 1 aliphatic carbocycles. The Hall–Kier alpha value is -1.68. The third-order valence-electron chi connectivity index (χ3n) is 4.40. The number of halogens is 1. The molecule has 1 N–H and O–H groups in total. The molecule has 1 heterocycles. The van der Waals surface area contributed by atoms with Crippen LogP contribution in [0.25, 0.3) is 0 Å². The van der Waals surface area contributed by atoms with Gasteiger partial charge in [-0.15, -0.1) is 0 Å². The largest absolute Gasteiger partial charge is 0.305 e. The fourth-order valence-electron chi connectivity index (χ4n) is 3.34. The Morgan fingerprint density at radius 3 is 2.76 bits per heavy atom. The molecule has 0 saturated heterocycles. The predicted molar refractivity (Wildman–Crippen MR) is 81.1 cm³/mol. The number of aromatic nitrogens is 2. The summed E-state index contributed by atoms with van der Waals surface area (Å²) >= 11 is 0. The van der Waals surface area contributed by atoms with Crippen LogP contribution in [-0.2, 0) is 13.6 Å². The van der Waals surface area contributed by atoms with Crippen LogP contribution < -0.4 is 5.32 Å². The minimum absolute atomic E-state index is 0.0916. The second kappa shape index (κ2) is 6.39. The Balaban J connectivity index is 1.77. The van der Waals surface area contributed by atoms with E-state index >= 15 is 0 Å². The topological polar surface area (TPSA) is 29.9 Å². The van der Waals surface area contributed by atoms with Crippen molar-refractivity contribution in [1.29, 1.82) is 0 Å². The van der Waals surface area contributed by atoms with Crippen LogP contribution in [0, 0.1) is 11.7 Å². The second-order valence-corrected chi connectivity index (χ2v) is 5.95. The lowest BCUT2D eigenvalue weighted by Gasteiger charge is -2.25. The maximum atomic E-state index is 14.2. The molecule has 0 bridgehead atoms. The van der Waals surface area contributed by atoms with Gasteiger partial charge in [-0.25, -0.2) is 4.39 Å². The lowest BCUT2D eigenvalue weighted by atomic mass is 9.91. The van der Waals surface area contributed by atoms with Gasteiger partial charge in [0, 0.05) is 37.0 Å². The summed E-state index contributed by atoms with van der Waals surface area (Å²) in [5.41, 5.74) is 1.94. The fourth-order valence-corrected chi connectivity index (χ4v) is 3.34. The summed E-state index contributed by atoms with van der Waals surface area (Å²) in [4.78, 5) is 0. The Kier molecular flexibility index (Phi) is 4.34. The summed E-state index contributed by atoms with van der Waals surface area (Å²) in [6.07, 6.45) is 8.73. The molecule has 0 spiro atoms. The molecule has 1 atom stereocenters. The minimum atomic E-state index is -0.104. The first-order valence-corrected chi connectivity index (χ1v) is 7.69. The summed E-state index contributed by atoms with van der Waals surface area (Å²) in [5, 5.41) is 7.74. The van der Waals surface area contributed by atoms with E-state index in [2.05, 4.69) is 10.4 Å². The molecule has 1 fully saturated rings. The molecular formula is C17H22FN3.